The molecule has 4 rings (SSSR count). The zero-order valence-electron chi connectivity index (χ0n) is 16.3. The van der Waals surface area contributed by atoms with Crippen LogP contribution in [0.25, 0.3) is 4.96 Å². The van der Waals surface area contributed by atoms with Gasteiger partial charge in [-0.15, -0.1) is 11.3 Å². The molecule has 30 heavy (non-hydrogen) atoms. The van der Waals surface area contributed by atoms with Gasteiger partial charge in [0.15, 0.2) is 4.96 Å². The minimum absolute atomic E-state index is 0.154. The second-order valence-corrected chi connectivity index (χ2v) is 8.30. The lowest BCUT2D eigenvalue weighted by Gasteiger charge is -2.16. The summed E-state index contributed by atoms with van der Waals surface area (Å²) >= 11 is 1.52. The Morgan fingerprint density at radius 3 is 2.77 bits per heavy atom. The highest BCUT2D eigenvalue weighted by Gasteiger charge is 2.23. The molecule has 2 heterocycles. The molecule has 2 aromatic heterocycles. The van der Waals surface area contributed by atoms with Crippen LogP contribution in [0.1, 0.15) is 34.7 Å². The molecule has 3 aromatic rings. The number of aryl methyl sites for hydroxylation is 2. The number of thiazole rings is 1. The molecule has 1 aromatic carbocycles. The van der Waals surface area contributed by atoms with Crippen LogP contribution in [-0.2, 0) is 35.4 Å². The average molecular weight is 426 g/mol. The molecule has 2 amide bonds. The minimum Gasteiger partial charge on any atom is -0.458 e. The van der Waals surface area contributed by atoms with Crippen molar-refractivity contribution in [1.82, 2.24) is 14.7 Å². The summed E-state index contributed by atoms with van der Waals surface area (Å²) in [7, 11) is 0. The van der Waals surface area contributed by atoms with Gasteiger partial charge in [0.05, 0.1) is 5.69 Å². The summed E-state index contributed by atoms with van der Waals surface area (Å²) in [6, 6.07) is 8.90. The smallest absolute Gasteiger partial charge is 0.329 e. The molecule has 1 aliphatic carbocycles. The number of fused-ring (bicyclic) bond motifs is 3. The van der Waals surface area contributed by atoms with E-state index in [1.807, 2.05) is 30.3 Å². The predicted octanol–water partition coefficient (Wildman–Crippen LogP) is 1.96. The molecule has 0 spiro atoms. The third-order valence-electron chi connectivity index (χ3n) is 5.06. The Kier molecular flexibility index (Phi) is 5.80. The zero-order valence-corrected chi connectivity index (χ0v) is 17.1. The van der Waals surface area contributed by atoms with E-state index in [0.29, 0.717) is 10.7 Å². The molecular weight excluding hydrogens is 404 g/mol. The summed E-state index contributed by atoms with van der Waals surface area (Å²) in [5.74, 6) is -0.634. The third-order valence-corrected chi connectivity index (χ3v) is 6.20. The quantitative estimate of drug-likeness (QED) is 0.585. The third kappa shape index (κ3) is 4.35. The van der Waals surface area contributed by atoms with E-state index < -0.39 is 18.0 Å². The Labute approximate surface area is 176 Å². The van der Waals surface area contributed by atoms with Crippen LogP contribution >= 0.6 is 11.3 Å². The van der Waals surface area contributed by atoms with E-state index in [9.17, 15) is 14.4 Å². The number of ether oxygens (including phenoxy) is 1. The number of urea groups is 1. The molecule has 3 N–H and O–H groups in total. The maximum Gasteiger partial charge on any atom is 0.329 e. The van der Waals surface area contributed by atoms with Crippen molar-refractivity contribution in [3.63, 3.8) is 0 Å². The summed E-state index contributed by atoms with van der Waals surface area (Å²) in [6.45, 7) is -0.154. The van der Waals surface area contributed by atoms with Gasteiger partial charge in [0, 0.05) is 23.1 Å². The molecular formula is C21H22N4O4S. The van der Waals surface area contributed by atoms with Gasteiger partial charge >= 0.3 is 12.0 Å². The van der Waals surface area contributed by atoms with E-state index in [4.69, 9.17) is 10.5 Å². The van der Waals surface area contributed by atoms with Gasteiger partial charge in [-0.05, 0) is 31.2 Å². The Morgan fingerprint density at radius 1 is 1.23 bits per heavy atom. The number of nitrogens with one attached hydrogen (secondary N) is 1. The molecule has 9 heteroatoms. The Balaban J connectivity index is 1.49. The second-order valence-electron chi connectivity index (χ2n) is 7.24. The summed E-state index contributed by atoms with van der Waals surface area (Å²) in [5, 5.41) is 2.42. The predicted molar refractivity (Wildman–Crippen MR) is 112 cm³/mol. The molecule has 0 radical (unpaired) electrons. The highest BCUT2D eigenvalue weighted by atomic mass is 32.1. The number of esters is 1. The number of rotatable bonds is 6. The van der Waals surface area contributed by atoms with Crippen LogP contribution < -0.4 is 16.6 Å². The van der Waals surface area contributed by atoms with Crippen LogP contribution in [0.4, 0.5) is 4.79 Å². The first-order valence-corrected chi connectivity index (χ1v) is 10.6. The SMILES string of the molecule is NC(=O)N[C@@H](Cc1ccccc1)C(=O)OCc1cc(=O)n2c3c(sc2n1)CCCC3. The van der Waals surface area contributed by atoms with Crippen molar-refractivity contribution in [1.29, 1.82) is 0 Å². The number of carbonyl (C=O) groups excluding carboxylic acids is 2. The maximum absolute atomic E-state index is 12.6. The van der Waals surface area contributed by atoms with E-state index in [1.54, 1.807) is 4.40 Å². The van der Waals surface area contributed by atoms with Crippen LogP contribution in [0.5, 0.6) is 0 Å². The molecule has 0 fully saturated rings. The van der Waals surface area contributed by atoms with Gasteiger partial charge in [-0.2, -0.15) is 0 Å². The van der Waals surface area contributed by atoms with Gasteiger partial charge < -0.3 is 15.8 Å². The number of amides is 2. The lowest BCUT2D eigenvalue weighted by Crippen LogP contribution is -2.45. The zero-order chi connectivity index (χ0) is 21.1. The number of primary amides is 1. The molecule has 0 aliphatic heterocycles. The van der Waals surface area contributed by atoms with Gasteiger partial charge in [0.25, 0.3) is 5.56 Å². The van der Waals surface area contributed by atoms with E-state index in [-0.39, 0.29) is 18.6 Å². The van der Waals surface area contributed by atoms with Crippen LogP contribution in [0, 0.1) is 0 Å². The molecule has 0 saturated carbocycles. The van der Waals surface area contributed by atoms with Crippen molar-refractivity contribution in [2.75, 3.05) is 0 Å². The van der Waals surface area contributed by atoms with Crippen molar-refractivity contribution in [2.24, 2.45) is 5.73 Å². The van der Waals surface area contributed by atoms with Crippen LogP contribution in [0.3, 0.4) is 0 Å². The highest BCUT2D eigenvalue weighted by molar-refractivity contribution is 7.17. The fraction of sp³-hybridized carbons (Fsp3) is 0.333. The summed E-state index contributed by atoms with van der Waals surface area (Å²) in [5.41, 5.74) is 7.33. The monoisotopic (exact) mass is 426 g/mol. The van der Waals surface area contributed by atoms with E-state index >= 15 is 0 Å². The number of nitrogens with zero attached hydrogens (tertiary/aromatic N) is 2. The lowest BCUT2D eigenvalue weighted by atomic mass is 10.0. The summed E-state index contributed by atoms with van der Waals surface area (Å²) in [4.78, 5) is 42.8. The van der Waals surface area contributed by atoms with E-state index in [0.717, 1.165) is 36.9 Å². The fourth-order valence-corrected chi connectivity index (χ4v) is 4.91. The first-order chi connectivity index (χ1) is 14.5. The molecule has 1 atom stereocenters. The summed E-state index contributed by atoms with van der Waals surface area (Å²) < 4.78 is 7.02. The van der Waals surface area contributed by atoms with Crippen molar-refractivity contribution < 1.29 is 14.3 Å². The van der Waals surface area contributed by atoms with Crippen molar-refractivity contribution in [3.8, 4) is 0 Å². The summed E-state index contributed by atoms with van der Waals surface area (Å²) in [6.07, 6.45) is 4.28. The molecule has 8 nitrogen and oxygen atoms in total. The number of benzene rings is 1. The first-order valence-electron chi connectivity index (χ1n) is 9.81. The maximum atomic E-state index is 12.6. The van der Waals surface area contributed by atoms with Crippen LogP contribution in [0.2, 0.25) is 0 Å². The lowest BCUT2D eigenvalue weighted by molar-refractivity contribution is -0.147. The van der Waals surface area contributed by atoms with Gasteiger partial charge in [0.1, 0.15) is 12.6 Å². The van der Waals surface area contributed by atoms with Crippen molar-refractivity contribution >= 4 is 28.3 Å². The first kappa shape index (κ1) is 20.1. The topological polar surface area (TPSA) is 116 Å². The van der Waals surface area contributed by atoms with Crippen LogP contribution in [0.15, 0.2) is 41.2 Å². The Bertz CT molecular complexity index is 1140. The number of hydrogen-bond donors (Lipinski definition) is 2. The number of carbonyl (C=O) groups is 2. The number of hydrogen-bond acceptors (Lipinski definition) is 6. The Morgan fingerprint density at radius 2 is 2.00 bits per heavy atom. The number of nitrogens with two attached hydrogens (primary N) is 1. The fourth-order valence-electron chi connectivity index (χ4n) is 3.68. The minimum atomic E-state index is -0.927. The highest BCUT2D eigenvalue weighted by Crippen LogP contribution is 2.28. The van der Waals surface area contributed by atoms with Gasteiger partial charge in [-0.1, -0.05) is 30.3 Å². The normalized spacial score (nSPS) is 14.1. The van der Waals surface area contributed by atoms with E-state index in [2.05, 4.69) is 10.3 Å². The van der Waals surface area contributed by atoms with Crippen molar-refractivity contribution in [3.05, 3.63) is 68.6 Å². The molecule has 156 valence electrons. The van der Waals surface area contributed by atoms with Crippen molar-refractivity contribution in [2.45, 2.75) is 44.8 Å². The molecule has 0 saturated heterocycles. The van der Waals surface area contributed by atoms with Gasteiger partial charge in [-0.25, -0.2) is 14.6 Å². The van der Waals surface area contributed by atoms with Gasteiger partial charge in [0.2, 0.25) is 0 Å². The second kappa shape index (κ2) is 8.66. The molecule has 1 aliphatic rings. The van der Waals surface area contributed by atoms with E-state index in [1.165, 1.54) is 22.3 Å². The van der Waals surface area contributed by atoms with Crippen LogP contribution in [-0.4, -0.2) is 27.4 Å². The Hall–Kier alpha value is -3.20. The number of aromatic nitrogens is 2. The standard InChI is InChI=1S/C21H22N4O4S/c22-20(28)24-15(10-13-6-2-1-3-7-13)19(27)29-12-14-11-18(26)25-16-8-4-5-9-17(16)30-21(25)23-14/h1-3,6-7,11,15H,4-5,8-10,12H2,(H3,22,24,28)/t15-/m0/s1. The largest absolute Gasteiger partial charge is 0.458 e. The molecule has 0 unspecified atom stereocenters. The average Bonchev–Trinajstić information content (AvgIpc) is 3.11. The molecule has 0 bridgehead atoms. The van der Waals surface area contributed by atoms with Gasteiger partial charge in [-0.3, -0.25) is 9.20 Å².